The Bertz CT molecular complexity index is 540. The third-order valence-electron chi connectivity index (χ3n) is 5.38. The lowest BCUT2D eigenvalue weighted by atomic mass is 9.97. The molecule has 1 atom stereocenters. The van der Waals surface area contributed by atoms with Crippen LogP contribution in [0.15, 0.2) is 18.3 Å². The first-order valence-corrected chi connectivity index (χ1v) is 9.64. The molecular formula is C20H34N4O. The molecule has 2 rings (SSSR count). The topological polar surface area (TPSA) is 48.5 Å². The molecule has 1 N–H and O–H groups in total. The zero-order valence-corrected chi connectivity index (χ0v) is 16.3. The third kappa shape index (κ3) is 5.99. The first-order valence-electron chi connectivity index (χ1n) is 9.64. The number of carbonyl (C=O) groups is 1. The number of nitrogens with one attached hydrogen (secondary N) is 1. The van der Waals surface area contributed by atoms with Crippen LogP contribution < -0.4 is 5.32 Å². The predicted molar refractivity (Wildman–Crippen MR) is 103 cm³/mol. The van der Waals surface area contributed by atoms with E-state index in [1.807, 2.05) is 19.3 Å². The van der Waals surface area contributed by atoms with Crippen molar-refractivity contribution in [2.45, 2.75) is 52.5 Å². The summed E-state index contributed by atoms with van der Waals surface area (Å²) >= 11 is 0. The summed E-state index contributed by atoms with van der Waals surface area (Å²) in [5, 5.41) is 3.13. The Balaban J connectivity index is 1.74. The van der Waals surface area contributed by atoms with E-state index < -0.39 is 0 Å². The van der Waals surface area contributed by atoms with E-state index in [4.69, 9.17) is 0 Å². The Morgan fingerprint density at radius 1 is 1.44 bits per heavy atom. The summed E-state index contributed by atoms with van der Waals surface area (Å²) in [6, 6.07) is 4.17. The number of hydrogen-bond donors (Lipinski definition) is 1. The molecule has 25 heavy (non-hydrogen) atoms. The van der Waals surface area contributed by atoms with Crippen LogP contribution in [0.5, 0.6) is 0 Å². The highest BCUT2D eigenvalue weighted by Crippen LogP contribution is 2.16. The van der Waals surface area contributed by atoms with Gasteiger partial charge in [0.15, 0.2) is 0 Å². The van der Waals surface area contributed by atoms with Crippen LogP contribution in [0.2, 0.25) is 0 Å². The molecule has 2 amide bonds. The number of carbonyl (C=O) groups excluding carboxylic acids is 1. The lowest BCUT2D eigenvalue weighted by Crippen LogP contribution is -2.46. The number of piperidine rings is 1. The number of aromatic nitrogens is 1. The number of amides is 2. The summed E-state index contributed by atoms with van der Waals surface area (Å²) in [4.78, 5) is 21.2. The van der Waals surface area contributed by atoms with Crippen LogP contribution in [-0.2, 0) is 6.42 Å². The first kappa shape index (κ1) is 19.7. The Hall–Kier alpha value is -1.62. The van der Waals surface area contributed by atoms with Gasteiger partial charge in [0, 0.05) is 37.9 Å². The van der Waals surface area contributed by atoms with Gasteiger partial charge in [0.1, 0.15) is 0 Å². The lowest BCUT2D eigenvalue weighted by Gasteiger charge is -2.32. The summed E-state index contributed by atoms with van der Waals surface area (Å²) in [5.41, 5.74) is 2.25. The highest BCUT2D eigenvalue weighted by atomic mass is 16.2. The Morgan fingerprint density at radius 2 is 2.16 bits per heavy atom. The lowest BCUT2D eigenvalue weighted by molar-refractivity contribution is 0.171. The maximum atomic E-state index is 12.5. The first-order chi connectivity index (χ1) is 12.0. The molecule has 1 aliphatic heterocycles. The van der Waals surface area contributed by atoms with Crippen molar-refractivity contribution in [2.24, 2.45) is 5.92 Å². The minimum absolute atomic E-state index is 0.0251. The Morgan fingerprint density at radius 3 is 2.80 bits per heavy atom. The molecule has 0 aliphatic carbocycles. The van der Waals surface area contributed by atoms with Crippen LogP contribution in [0.1, 0.15) is 44.4 Å². The minimum Gasteiger partial charge on any atom is -0.338 e. The molecular weight excluding hydrogens is 312 g/mol. The number of likely N-dealkylation sites (tertiary alicyclic amines) is 1. The van der Waals surface area contributed by atoms with Gasteiger partial charge < -0.3 is 15.1 Å². The van der Waals surface area contributed by atoms with Gasteiger partial charge in [-0.15, -0.1) is 0 Å². The molecule has 1 aromatic heterocycles. The van der Waals surface area contributed by atoms with Crippen molar-refractivity contribution in [1.82, 2.24) is 20.1 Å². The zero-order valence-electron chi connectivity index (χ0n) is 16.3. The van der Waals surface area contributed by atoms with E-state index in [0.717, 1.165) is 18.7 Å². The van der Waals surface area contributed by atoms with Crippen molar-refractivity contribution >= 4 is 6.03 Å². The van der Waals surface area contributed by atoms with Crippen LogP contribution in [-0.4, -0.2) is 60.1 Å². The van der Waals surface area contributed by atoms with Gasteiger partial charge in [-0.1, -0.05) is 13.0 Å². The van der Waals surface area contributed by atoms with Crippen LogP contribution in [0.25, 0.3) is 0 Å². The highest BCUT2D eigenvalue weighted by Gasteiger charge is 2.21. The number of hydrogen-bond acceptors (Lipinski definition) is 3. The van der Waals surface area contributed by atoms with E-state index in [2.05, 4.69) is 42.0 Å². The summed E-state index contributed by atoms with van der Waals surface area (Å²) in [6.07, 6.45) is 6.20. The third-order valence-corrected chi connectivity index (χ3v) is 5.38. The van der Waals surface area contributed by atoms with Crippen molar-refractivity contribution in [3.63, 3.8) is 0 Å². The summed E-state index contributed by atoms with van der Waals surface area (Å²) in [7, 11) is 1.88. The fourth-order valence-electron chi connectivity index (χ4n) is 3.44. The van der Waals surface area contributed by atoms with Crippen LogP contribution in [0.3, 0.4) is 0 Å². The molecule has 1 aliphatic rings. The molecule has 5 heteroatoms. The zero-order chi connectivity index (χ0) is 18.2. The molecule has 1 aromatic rings. The number of likely N-dealkylation sites (N-methyl/N-ethyl adjacent to an activating group) is 1. The van der Waals surface area contributed by atoms with Crippen molar-refractivity contribution in [3.05, 3.63) is 29.6 Å². The van der Waals surface area contributed by atoms with Gasteiger partial charge >= 0.3 is 6.03 Å². The van der Waals surface area contributed by atoms with E-state index in [-0.39, 0.29) is 12.1 Å². The molecule has 1 saturated heterocycles. The van der Waals surface area contributed by atoms with E-state index in [1.165, 1.54) is 44.5 Å². The van der Waals surface area contributed by atoms with E-state index >= 15 is 0 Å². The van der Waals surface area contributed by atoms with Crippen LogP contribution >= 0.6 is 0 Å². The van der Waals surface area contributed by atoms with Crippen molar-refractivity contribution < 1.29 is 4.79 Å². The smallest absolute Gasteiger partial charge is 0.317 e. The van der Waals surface area contributed by atoms with Gasteiger partial charge in [0.2, 0.25) is 0 Å². The molecule has 5 nitrogen and oxygen atoms in total. The van der Waals surface area contributed by atoms with E-state index in [1.54, 1.807) is 4.90 Å². The maximum absolute atomic E-state index is 12.5. The second kappa shape index (κ2) is 9.76. The summed E-state index contributed by atoms with van der Waals surface area (Å²) in [6.45, 7) is 10.7. The fraction of sp³-hybridized carbons (Fsp3) is 0.700. The number of pyridine rings is 1. The Labute approximate surface area is 152 Å². The average molecular weight is 347 g/mol. The van der Waals surface area contributed by atoms with Gasteiger partial charge in [-0.3, -0.25) is 4.98 Å². The van der Waals surface area contributed by atoms with Gasteiger partial charge in [0.05, 0.1) is 0 Å². The number of aryl methyl sites for hydroxylation is 1. The molecule has 0 aromatic carbocycles. The summed E-state index contributed by atoms with van der Waals surface area (Å²) < 4.78 is 0. The minimum atomic E-state index is 0.0251. The van der Waals surface area contributed by atoms with Crippen molar-refractivity contribution in [1.29, 1.82) is 0 Å². The molecule has 0 bridgehead atoms. The Kier molecular flexibility index (Phi) is 7.69. The van der Waals surface area contributed by atoms with Gasteiger partial charge in [0.25, 0.3) is 0 Å². The maximum Gasteiger partial charge on any atom is 0.317 e. The quantitative estimate of drug-likeness (QED) is 0.825. The van der Waals surface area contributed by atoms with Crippen LogP contribution in [0.4, 0.5) is 4.79 Å². The molecule has 1 fully saturated rings. The van der Waals surface area contributed by atoms with Gasteiger partial charge in [-0.05, 0) is 70.3 Å². The van der Waals surface area contributed by atoms with Gasteiger partial charge in [-0.2, -0.15) is 0 Å². The van der Waals surface area contributed by atoms with E-state index in [0.29, 0.717) is 5.92 Å². The second-order valence-corrected chi connectivity index (χ2v) is 7.40. The van der Waals surface area contributed by atoms with Crippen molar-refractivity contribution in [3.8, 4) is 0 Å². The highest BCUT2D eigenvalue weighted by molar-refractivity contribution is 5.74. The SMILES string of the molecule is CCCN1CCC(CNC(=O)N(C)[C@@H](C)Cc2ncccc2C)CC1. The predicted octanol–water partition coefficient (Wildman–Crippen LogP) is 3.08. The molecule has 0 saturated carbocycles. The monoisotopic (exact) mass is 346 g/mol. The number of nitrogens with zero attached hydrogens (tertiary/aromatic N) is 3. The second-order valence-electron chi connectivity index (χ2n) is 7.40. The van der Waals surface area contributed by atoms with Crippen molar-refractivity contribution in [2.75, 3.05) is 33.2 Å². The molecule has 0 radical (unpaired) electrons. The summed E-state index contributed by atoms with van der Waals surface area (Å²) in [5.74, 6) is 0.610. The molecule has 0 spiro atoms. The molecule has 140 valence electrons. The fourth-order valence-corrected chi connectivity index (χ4v) is 3.44. The number of rotatable bonds is 7. The average Bonchev–Trinajstić information content (AvgIpc) is 2.62. The normalized spacial score (nSPS) is 17.3. The van der Waals surface area contributed by atoms with E-state index in [9.17, 15) is 4.79 Å². The number of urea groups is 1. The standard InChI is InChI=1S/C20H34N4O/c1-5-11-24-12-8-18(9-13-24)15-22-20(25)23(4)17(3)14-19-16(2)7-6-10-21-19/h6-7,10,17-18H,5,8-9,11-15H2,1-4H3,(H,22,25)/t17-/m0/s1. The van der Waals surface area contributed by atoms with Crippen LogP contribution in [0, 0.1) is 12.8 Å². The van der Waals surface area contributed by atoms with Gasteiger partial charge in [-0.25, -0.2) is 4.79 Å². The molecule has 2 heterocycles. The molecule has 0 unspecified atom stereocenters. The largest absolute Gasteiger partial charge is 0.338 e.